The smallest absolute Gasteiger partial charge is 0.421 e. The Bertz CT molecular complexity index is 535. The molecule has 1 N–H and O–H groups in total. The second kappa shape index (κ2) is 5.37. The Morgan fingerprint density at radius 1 is 1.42 bits per heavy atom. The number of ether oxygens (including phenoxy) is 1. The standard InChI is InChI=1S/C10H8F5NO3/c1-2-19-9(18)6-4(7(11)12)3-5(8(17)16-6)10(13,14)15/h3,7H,2H2,1H3,(H,16,17). The minimum atomic E-state index is -5.09. The SMILES string of the molecule is CCOC(=O)c1[nH]c(=O)c(C(F)(F)F)cc1C(F)F. The van der Waals surface area contributed by atoms with Crippen molar-refractivity contribution in [2.45, 2.75) is 19.5 Å². The Morgan fingerprint density at radius 2 is 2.00 bits per heavy atom. The first-order valence-corrected chi connectivity index (χ1v) is 4.98. The quantitative estimate of drug-likeness (QED) is 0.685. The van der Waals surface area contributed by atoms with E-state index in [0.717, 1.165) is 0 Å². The van der Waals surface area contributed by atoms with Crippen LogP contribution in [0.15, 0.2) is 10.9 Å². The molecule has 0 aliphatic heterocycles. The molecule has 4 nitrogen and oxygen atoms in total. The van der Waals surface area contributed by atoms with Crippen molar-refractivity contribution >= 4 is 5.97 Å². The summed E-state index contributed by atoms with van der Waals surface area (Å²) in [4.78, 5) is 23.9. The van der Waals surface area contributed by atoms with Crippen molar-refractivity contribution in [1.29, 1.82) is 0 Å². The van der Waals surface area contributed by atoms with Crippen LogP contribution in [-0.2, 0) is 10.9 Å². The molecule has 1 heterocycles. The van der Waals surface area contributed by atoms with Crippen LogP contribution < -0.4 is 5.56 Å². The maximum Gasteiger partial charge on any atom is 0.421 e. The fourth-order valence-electron chi connectivity index (χ4n) is 1.30. The summed E-state index contributed by atoms with van der Waals surface area (Å²) in [5.41, 5.74) is -5.68. The van der Waals surface area contributed by atoms with Crippen LogP contribution in [0.25, 0.3) is 0 Å². The largest absolute Gasteiger partial charge is 0.461 e. The number of hydrogen-bond acceptors (Lipinski definition) is 3. The van der Waals surface area contributed by atoms with E-state index in [1.165, 1.54) is 11.9 Å². The predicted octanol–water partition coefficient (Wildman–Crippen LogP) is 2.51. The molecule has 0 amide bonds. The maximum atomic E-state index is 12.6. The summed E-state index contributed by atoms with van der Waals surface area (Å²) in [6.45, 7) is 1.20. The number of pyridine rings is 1. The van der Waals surface area contributed by atoms with Gasteiger partial charge in [-0.25, -0.2) is 13.6 Å². The summed E-state index contributed by atoms with van der Waals surface area (Å²) in [7, 11) is 0. The Morgan fingerprint density at radius 3 is 2.42 bits per heavy atom. The lowest BCUT2D eigenvalue weighted by Gasteiger charge is -2.11. The Kier molecular flexibility index (Phi) is 4.28. The average Bonchev–Trinajstić information content (AvgIpc) is 2.26. The van der Waals surface area contributed by atoms with Crippen molar-refractivity contribution in [2.75, 3.05) is 6.61 Å². The molecule has 0 bridgehead atoms. The predicted molar refractivity (Wildman–Crippen MR) is 53.0 cm³/mol. The highest BCUT2D eigenvalue weighted by Crippen LogP contribution is 2.30. The van der Waals surface area contributed by atoms with Gasteiger partial charge in [-0.3, -0.25) is 4.79 Å². The highest BCUT2D eigenvalue weighted by molar-refractivity contribution is 5.89. The van der Waals surface area contributed by atoms with Gasteiger partial charge in [0.15, 0.2) is 0 Å². The van der Waals surface area contributed by atoms with Gasteiger partial charge >= 0.3 is 12.1 Å². The third kappa shape index (κ3) is 3.30. The number of rotatable bonds is 3. The zero-order chi connectivity index (χ0) is 14.8. The van der Waals surface area contributed by atoms with Gasteiger partial charge in [0.2, 0.25) is 0 Å². The molecular formula is C10H8F5NO3. The lowest BCUT2D eigenvalue weighted by Crippen LogP contribution is -2.26. The van der Waals surface area contributed by atoms with E-state index >= 15 is 0 Å². The number of carbonyl (C=O) groups is 1. The van der Waals surface area contributed by atoms with Gasteiger partial charge in [0.05, 0.1) is 6.61 Å². The number of halogens is 5. The van der Waals surface area contributed by atoms with E-state index in [4.69, 9.17) is 0 Å². The van der Waals surface area contributed by atoms with Gasteiger partial charge < -0.3 is 9.72 Å². The zero-order valence-electron chi connectivity index (χ0n) is 9.48. The molecule has 19 heavy (non-hydrogen) atoms. The molecule has 1 aromatic heterocycles. The zero-order valence-corrected chi connectivity index (χ0v) is 9.48. The molecular weight excluding hydrogens is 277 g/mol. The van der Waals surface area contributed by atoms with E-state index in [-0.39, 0.29) is 12.7 Å². The van der Waals surface area contributed by atoms with Crippen molar-refractivity contribution in [2.24, 2.45) is 0 Å². The van der Waals surface area contributed by atoms with Crippen molar-refractivity contribution in [3.05, 3.63) is 33.2 Å². The van der Waals surface area contributed by atoms with Crippen LogP contribution in [0.2, 0.25) is 0 Å². The van der Waals surface area contributed by atoms with E-state index in [2.05, 4.69) is 4.74 Å². The molecule has 9 heteroatoms. The van der Waals surface area contributed by atoms with E-state index in [1.807, 2.05) is 0 Å². The van der Waals surface area contributed by atoms with Crippen molar-refractivity contribution in [1.82, 2.24) is 4.98 Å². The molecule has 106 valence electrons. The molecule has 0 atom stereocenters. The van der Waals surface area contributed by atoms with Crippen LogP contribution >= 0.6 is 0 Å². The lowest BCUT2D eigenvalue weighted by atomic mass is 10.1. The molecule has 0 aliphatic rings. The summed E-state index contributed by atoms with van der Waals surface area (Å²) in [5, 5.41) is 0. The molecule has 1 aromatic rings. The number of alkyl halides is 5. The van der Waals surface area contributed by atoms with Gasteiger partial charge in [0.25, 0.3) is 12.0 Å². The molecule has 0 aromatic carbocycles. The fraction of sp³-hybridized carbons (Fsp3) is 0.400. The number of H-pyrrole nitrogens is 1. The molecule has 1 rings (SSSR count). The van der Waals surface area contributed by atoms with E-state index in [1.54, 1.807) is 0 Å². The first kappa shape index (κ1) is 15.1. The normalized spacial score (nSPS) is 11.7. The van der Waals surface area contributed by atoms with Gasteiger partial charge in [0, 0.05) is 5.56 Å². The molecule has 0 saturated carbocycles. The first-order valence-electron chi connectivity index (χ1n) is 4.98. The van der Waals surface area contributed by atoms with Gasteiger partial charge in [-0.15, -0.1) is 0 Å². The van der Waals surface area contributed by atoms with Gasteiger partial charge in [-0.05, 0) is 13.0 Å². The van der Waals surface area contributed by atoms with Crippen molar-refractivity contribution < 1.29 is 31.5 Å². The molecule has 0 aliphatic carbocycles. The minimum Gasteiger partial charge on any atom is -0.461 e. The summed E-state index contributed by atoms with van der Waals surface area (Å²) >= 11 is 0. The summed E-state index contributed by atoms with van der Waals surface area (Å²) in [6.07, 6.45) is -8.46. The monoisotopic (exact) mass is 285 g/mol. The van der Waals surface area contributed by atoms with E-state index in [0.29, 0.717) is 0 Å². The van der Waals surface area contributed by atoms with Crippen LogP contribution in [0.1, 0.15) is 35.0 Å². The molecule has 0 radical (unpaired) electrons. The molecule has 0 fully saturated rings. The number of aromatic nitrogens is 1. The summed E-state index contributed by atoms with van der Waals surface area (Å²) in [5.74, 6) is -1.32. The highest BCUT2D eigenvalue weighted by Gasteiger charge is 2.36. The Labute approximate surface area is 103 Å². The van der Waals surface area contributed by atoms with Gasteiger partial charge in [-0.1, -0.05) is 0 Å². The summed E-state index contributed by atoms with van der Waals surface area (Å²) in [6, 6.07) is -0.0459. The van der Waals surface area contributed by atoms with E-state index < -0.39 is 41.0 Å². The topological polar surface area (TPSA) is 59.2 Å². The fourth-order valence-corrected chi connectivity index (χ4v) is 1.30. The van der Waals surface area contributed by atoms with Crippen LogP contribution in [0.3, 0.4) is 0 Å². The average molecular weight is 285 g/mol. The summed E-state index contributed by atoms with van der Waals surface area (Å²) < 4.78 is 66.8. The number of carbonyl (C=O) groups excluding carboxylic acids is 1. The number of aromatic amines is 1. The van der Waals surface area contributed by atoms with E-state index in [9.17, 15) is 31.5 Å². The lowest BCUT2D eigenvalue weighted by molar-refractivity contribution is -0.138. The second-order valence-electron chi connectivity index (χ2n) is 3.36. The van der Waals surface area contributed by atoms with Crippen LogP contribution in [0, 0.1) is 0 Å². The second-order valence-corrected chi connectivity index (χ2v) is 3.36. The minimum absolute atomic E-state index is 0.0459. The molecule has 0 spiro atoms. The first-order chi connectivity index (χ1) is 8.68. The third-order valence-corrected chi connectivity index (χ3v) is 2.09. The van der Waals surface area contributed by atoms with Gasteiger partial charge in [0.1, 0.15) is 11.3 Å². The number of esters is 1. The maximum absolute atomic E-state index is 12.6. The Hall–Kier alpha value is -1.93. The molecule has 0 unspecified atom stereocenters. The van der Waals surface area contributed by atoms with Crippen molar-refractivity contribution in [3.63, 3.8) is 0 Å². The van der Waals surface area contributed by atoms with Crippen LogP contribution in [0.4, 0.5) is 22.0 Å². The molecule has 0 saturated heterocycles. The Balaban J connectivity index is 3.47. The number of hydrogen-bond donors (Lipinski definition) is 1. The number of nitrogens with one attached hydrogen (secondary N) is 1. The van der Waals surface area contributed by atoms with Crippen molar-refractivity contribution in [3.8, 4) is 0 Å². The van der Waals surface area contributed by atoms with Gasteiger partial charge in [-0.2, -0.15) is 13.2 Å². The highest BCUT2D eigenvalue weighted by atomic mass is 19.4. The van der Waals surface area contributed by atoms with Crippen LogP contribution in [0.5, 0.6) is 0 Å². The third-order valence-electron chi connectivity index (χ3n) is 2.09. The van der Waals surface area contributed by atoms with Crippen LogP contribution in [-0.4, -0.2) is 17.6 Å².